The number of aryl methyl sites for hydroxylation is 1. The van der Waals surface area contributed by atoms with Crippen LogP contribution >= 0.6 is 0 Å². The van der Waals surface area contributed by atoms with Gasteiger partial charge in [-0.15, -0.1) is 0 Å². The molecule has 2 aliphatic rings. The van der Waals surface area contributed by atoms with Crippen molar-refractivity contribution in [2.75, 3.05) is 0 Å². The Hall–Kier alpha value is -1.70. The standard InChI is InChI=1S/C17H18O2/c18-16(13-6-1-2-7-13)11-14-10-9-12-5-3-4-8-15(12)17(14)19/h3-6,8,14H,1-2,7,9-11H2. The molecular weight excluding hydrogens is 236 g/mol. The van der Waals surface area contributed by atoms with Gasteiger partial charge in [-0.1, -0.05) is 30.3 Å². The Morgan fingerprint density at radius 2 is 2.05 bits per heavy atom. The van der Waals surface area contributed by atoms with Crippen molar-refractivity contribution in [3.05, 3.63) is 47.0 Å². The Bertz CT molecular complexity index is 554. The zero-order chi connectivity index (χ0) is 13.2. The molecule has 2 nitrogen and oxygen atoms in total. The number of ketones is 2. The number of rotatable bonds is 3. The van der Waals surface area contributed by atoms with E-state index in [1.54, 1.807) is 0 Å². The summed E-state index contributed by atoms with van der Waals surface area (Å²) in [7, 11) is 0. The number of hydrogen-bond acceptors (Lipinski definition) is 2. The second-order valence-electron chi connectivity index (χ2n) is 5.51. The van der Waals surface area contributed by atoms with Gasteiger partial charge in [0.2, 0.25) is 0 Å². The first-order chi connectivity index (χ1) is 9.25. The molecule has 0 spiro atoms. The molecule has 1 unspecified atom stereocenters. The summed E-state index contributed by atoms with van der Waals surface area (Å²) in [5.41, 5.74) is 2.91. The van der Waals surface area contributed by atoms with E-state index in [-0.39, 0.29) is 17.5 Å². The average Bonchev–Trinajstić information content (AvgIpc) is 2.96. The highest BCUT2D eigenvalue weighted by Gasteiger charge is 2.29. The van der Waals surface area contributed by atoms with E-state index in [4.69, 9.17) is 0 Å². The lowest BCUT2D eigenvalue weighted by Crippen LogP contribution is -2.25. The summed E-state index contributed by atoms with van der Waals surface area (Å²) in [5, 5.41) is 0. The van der Waals surface area contributed by atoms with Crippen LogP contribution in [0.5, 0.6) is 0 Å². The maximum atomic E-state index is 12.4. The lowest BCUT2D eigenvalue weighted by molar-refractivity contribution is -0.116. The fraction of sp³-hybridized carbons (Fsp3) is 0.412. The maximum Gasteiger partial charge on any atom is 0.166 e. The maximum absolute atomic E-state index is 12.4. The van der Waals surface area contributed by atoms with Crippen LogP contribution in [0.25, 0.3) is 0 Å². The third-order valence-corrected chi connectivity index (χ3v) is 4.25. The van der Waals surface area contributed by atoms with Crippen molar-refractivity contribution in [3.63, 3.8) is 0 Å². The highest BCUT2D eigenvalue weighted by atomic mass is 16.1. The zero-order valence-electron chi connectivity index (χ0n) is 11.0. The molecule has 2 aliphatic carbocycles. The van der Waals surface area contributed by atoms with Gasteiger partial charge in [0, 0.05) is 17.9 Å². The predicted octanol–water partition coefficient (Wildman–Crippen LogP) is 3.50. The molecule has 2 heteroatoms. The van der Waals surface area contributed by atoms with Crippen LogP contribution in [0.2, 0.25) is 0 Å². The highest BCUT2D eigenvalue weighted by Crippen LogP contribution is 2.29. The van der Waals surface area contributed by atoms with E-state index in [0.717, 1.165) is 48.8 Å². The van der Waals surface area contributed by atoms with Crippen molar-refractivity contribution in [2.45, 2.75) is 38.5 Å². The number of carbonyl (C=O) groups excluding carboxylic acids is 2. The van der Waals surface area contributed by atoms with Crippen molar-refractivity contribution in [3.8, 4) is 0 Å². The van der Waals surface area contributed by atoms with E-state index in [1.807, 2.05) is 30.3 Å². The molecule has 0 N–H and O–H groups in total. The quantitative estimate of drug-likeness (QED) is 0.827. The minimum atomic E-state index is -0.107. The van der Waals surface area contributed by atoms with Gasteiger partial charge in [-0.3, -0.25) is 9.59 Å². The molecule has 0 aliphatic heterocycles. The Labute approximate surface area is 113 Å². The number of benzene rings is 1. The SMILES string of the molecule is O=C(CC1CCc2ccccc2C1=O)C1=CCCC1. The zero-order valence-corrected chi connectivity index (χ0v) is 11.0. The highest BCUT2D eigenvalue weighted by molar-refractivity contribution is 6.04. The first-order valence-electron chi connectivity index (χ1n) is 7.10. The van der Waals surface area contributed by atoms with E-state index >= 15 is 0 Å². The normalized spacial score (nSPS) is 22.0. The Kier molecular flexibility index (Phi) is 3.33. The van der Waals surface area contributed by atoms with Gasteiger partial charge in [-0.25, -0.2) is 0 Å². The molecule has 0 heterocycles. The van der Waals surface area contributed by atoms with Gasteiger partial charge in [-0.2, -0.15) is 0 Å². The molecule has 0 saturated heterocycles. The number of allylic oxidation sites excluding steroid dienone is 2. The van der Waals surface area contributed by atoms with Gasteiger partial charge in [-0.05, 0) is 43.2 Å². The summed E-state index contributed by atoms with van der Waals surface area (Å²) < 4.78 is 0. The number of fused-ring (bicyclic) bond motifs is 1. The first-order valence-corrected chi connectivity index (χ1v) is 7.10. The molecule has 0 aromatic heterocycles. The molecule has 19 heavy (non-hydrogen) atoms. The number of hydrogen-bond donors (Lipinski definition) is 0. The van der Waals surface area contributed by atoms with E-state index < -0.39 is 0 Å². The number of carbonyl (C=O) groups is 2. The van der Waals surface area contributed by atoms with E-state index in [9.17, 15) is 9.59 Å². The first kappa shape index (κ1) is 12.3. The summed E-state index contributed by atoms with van der Waals surface area (Å²) in [5.74, 6) is 0.243. The second-order valence-corrected chi connectivity index (χ2v) is 5.51. The van der Waals surface area contributed by atoms with Crippen LogP contribution in [-0.4, -0.2) is 11.6 Å². The van der Waals surface area contributed by atoms with Crippen LogP contribution in [0.3, 0.4) is 0 Å². The van der Waals surface area contributed by atoms with Gasteiger partial charge in [0.05, 0.1) is 0 Å². The third kappa shape index (κ3) is 2.40. The molecule has 0 bridgehead atoms. The molecule has 1 aromatic rings. The average molecular weight is 254 g/mol. The Balaban J connectivity index is 1.74. The van der Waals surface area contributed by atoms with E-state index in [2.05, 4.69) is 0 Å². The molecule has 0 saturated carbocycles. The van der Waals surface area contributed by atoms with Crippen molar-refractivity contribution in [1.82, 2.24) is 0 Å². The van der Waals surface area contributed by atoms with Crippen LogP contribution < -0.4 is 0 Å². The van der Waals surface area contributed by atoms with Crippen LogP contribution in [0.1, 0.15) is 48.0 Å². The van der Waals surface area contributed by atoms with Gasteiger partial charge in [0.1, 0.15) is 0 Å². The summed E-state index contributed by atoms with van der Waals surface area (Å²) in [6.45, 7) is 0. The fourth-order valence-corrected chi connectivity index (χ4v) is 3.13. The molecule has 0 fully saturated rings. The molecule has 0 radical (unpaired) electrons. The van der Waals surface area contributed by atoms with Gasteiger partial charge in [0.25, 0.3) is 0 Å². The van der Waals surface area contributed by atoms with Crippen LogP contribution in [0, 0.1) is 5.92 Å². The number of Topliss-reactive ketones (excluding diaryl/α,β-unsaturated/α-hetero) is 2. The summed E-state index contributed by atoms with van der Waals surface area (Å²) >= 11 is 0. The monoisotopic (exact) mass is 254 g/mol. The van der Waals surface area contributed by atoms with E-state index in [0.29, 0.717) is 6.42 Å². The summed E-state index contributed by atoms with van der Waals surface area (Å²) in [4.78, 5) is 24.5. The summed E-state index contributed by atoms with van der Waals surface area (Å²) in [6.07, 6.45) is 7.18. The topological polar surface area (TPSA) is 34.1 Å². The molecule has 98 valence electrons. The second kappa shape index (κ2) is 5.12. The fourth-order valence-electron chi connectivity index (χ4n) is 3.13. The largest absolute Gasteiger partial charge is 0.295 e. The van der Waals surface area contributed by atoms with Gasteiger partial charge >= 0.3 is 0 Å². The lowest BCUT2D eigenvalue weighted by atomic mass is 9.79. The van der Waals surface area contributed by atoms with Crippen molar-refractivity contribution in [2.24, 2.45) is 5.92 Å². The van der Waals surface area contributed by atoms with Crippen molar-refractivity contribution < 1.29 is 9.59 Å². The van der Waals surface area contributed by atoms with Crippen LogP contribution in [-0.2, 0) is 11.2 Å². The van der Waals surface area contributed by atoms with Crippen molar-refractivity contribution in [1.29, 1.82) is 0 Å². The molecular formula is C17H18O2. The van der Waals surface area contributed by atoms with Crippen molar-refractivity contribution >= 4 is 11.6 Å². The Morgan fingerprint density at radius 1 is 1.21 bits per heavy atom. The van der Waals surface area contributed by atoms with Crippen LogP contribution in [0.15, 0.2) is 35.9 Å². The molecule has 3 rings (SSSR count). The van der Waals surface area contributed by atoms with Gasteiger partial charge < -0.3 is 0 Å². The Morgan fingerprint density at radius 3 is 2.84 bits per heavy atom. The lowest BCUT2D eigenvalue weighted by Gasteiger charge is -2.22. The minimum absolute atomic E-state index is 0.107. The molecule has 1 aromatic carbocycles. The molecule has 1 atom stereocenters. The minimum Gasteiger partial charge on any atom is -0.295 e. The smallest absolute Gasteiger partial charge is 0.166 e. The third-order valence-electron chi connectivity index (χ3n) is 4.25. The van der Waals surface area contributed by atoms with Crippen LogP contribution in [0.4, 0.5) is 0 Å². The molecule has 0 amide bonds. The summed E-state index contributed by atoms with van der Waals surface area (Å²) in [6, 6.07) is 7.79. The van der Waals surface area contributed by atoms with Gasteiger partial charge in [0.15, 0.2) is 11.6 Å². The predicted molar refractivity (Wildman–Crippen MR) is 74.1 cm³/mol. The van der Waals surface area contributed by atoms with E-state index in [1.165, 1.54) is 0 Å².